The zero-order chi connectivity index (χ0) is 10.8. The van der Waals surface area contributed by atoms with Crippen LogP contribution >= 0.6 is 0 Å². The van der Waals surface area contributed by atoms with Crippen LogP contribution in [0.15, 0.2) is 0 Å². The minimum Gasteiger partial charge on any atom is -0.303 e. The van der Waals surface area contributed by atoms with Crippen LogP contribution in [-0.4, -0.2) is 30.3 Å². The van der Waals surface area contributed by atoms with Gasteiger partial charge in [0.05, 0.1) is 0 Å². The summed E-state index contributed by atoms with van der Waals surface area (Å²) in [5.41, 5.74) is 0. The summed E-state index contributed by atoms with van der Waals surface area (Å²) in [5, 5.41) is 0. The maximum absolute atomic E-state index is 11.8. The van der Waals surface area contributed by atoms with Gasteiger partial charge < -0.3 is 4.90 Å². The number of hydrogen-bond donors (Lipinski definition) is 0. The summed E-state index contributed by atoms with van der Waals surface area (Å²) in [6.07, 6.45) is 7.12. The number of Topliss-reactive ketones (excluding diaryl/α,β-unsaturated/α-hetero) is 1. The smallest absolute Gasteiger partial charge is 0.137 e. The van der Waals surface area contributed by atoms with Gasteiger partial charge in [-0.2, -0.15) is 0 Å². The van der Waals surface area contributed by atoms with Gasteiger partial charge in [-0.3, -0.25) is 4.79 Å². The summed E-state index contributed by atoms with van der Waals surface area (Å²) in [7, 11) is 2.19. The molecule has 0 amide bonds. The zero-order valence-corrected chi connectivity index (χ0v) is 10.0. The molecule has 0 radical (unpaired) electrons. The van der Waals surface area contributed by atoms with Crippen LogP contribution in [0.1, 0.15) is 45.4 Å². The minimum atomic E-state index is 0.333. The highest BCUT2D eigenvalue weighted by molar-refractivity contribution is 5.81. The summed E-state index contributed by atoms with van der Waals surface area (Å²) >= 11 is 0. The quantitative estimate of drug-likeness (QED) is 0.711. The molecule has 0 aromatic rings. The summed E-state index contributed by atoms with van der Waals surface area (Å²) in [6.45, 7) is 3.29. The van der Waals surface area contributed by atoms with Gasteiger partial charge >= 0.3 is 0 Å². The SMILES string of the molecule is CC1CCC(=O)C(CN(C)C2CCC2)C1. The molecule has 2 fully saturated rings. The highest BCUT2D eigenvalue weighted by Gasteiger charge is 2.30. The van der Waals surface area contributed by atoms with Gasteiger partial charge in [0.25, 0.3) is 0 Å². The zero-order valence-electron chi connectivity index (χ0n) is 10.0. The molecular formula is C13H23NO. The number of rotatable bonds is 3. The Labute approximate surface area is 93.0 Å². The number of hydrogen-bond acceptors (Lipinski definition) is 2. The minimum absolute atomic E-state index is 0.333. The standard InChI is InChI=1S/C13H23NO/c1-10-6-7-13(15)11(8-10)9-14(2)12-4-3-5-12/h10-12H,3-9H2,1-2H3. The van der Waals surface area contributed by atoms with Crippen LogP contribution < -0.4 is 0 Å². The van der Waals surface area contributed by atoms with Crippen molar-refractivity contribution in [1.29, 1.82) is 0 Å². The van der Waals surface area contributed by atoms with Crippen molar-refractivity contribution in [3.63, 3.8) is 0 Å². The van der Waals surface area contributed by atoms with Crippen molar-refractivity contribution < 1.29 is 4.79 Å². The van der Waals surface area contributed by atoms with Gasteiger partial charge in [0, 0.05) is 24.9 Å². The molecule has 0 saturated heterocycles. The Balaban J connectivity index is 1.83. The van der Waals surface area contributed by atoms with Crippen LogP contribution in [0, 0.1) is 11.8 Å². The number of ketones is 1. The second-order valence-electron chi connectivity index (χ2n) is 5.57. The molecule has 2 nitrogen and oxygen atoms in total. The molecule has 0 bridgehead atoms. The van der Waals surface area contributed by atoms with Crippen molar-refractivity contribution in [2.75, 3.05) is 13.6 Å². The van der Waals surface area contributed by atoms with Crippen molar-refractivity contribution in [2.45, 2.75) is 51.5 Å². The molecule has 0 aliphatic heterocycles. The first-order valence-electron chi connectivity index (χ1n) is 6.39. The Morgan fingerprint density at radius 3 is 2.67 bits per heavy atom. The van der Waals surface area contributed by atoms with Crippen LogP contribution in [0.25, 0.3) is 0 Å². The molecule has 2 heteroatoms. The summed E-state index contributed by atoms with van der Waals surface area (Å²) < 4.78 is 0. The molecule has 0 aromatic carbocycles. The molecule has 2 aliphatic carbocycles. The average molecular weight is 209 g/mol. The van der Waals surface area contributed by atoms with E-state index < -0.39 is 0 Å². The maximum Gasteiger partial charge on any atom is 0.137 e. The molecule has 0 heterocycles. The van der Waals surface area contributed by atoms with Crippen molar-refractivity contribution in [2.24, 2.45) is 11.8 Å². The molecule has 86 valence electrons. The van der Waals surface area contributed by atoms with E-state index in [2.05, 4.69) is 18.9 Å². The van der Waals surface area contributed by atoms with Crippen LogP contribution in [0.2, 0.25) is 0 Å². The lowest BCUT2D eigenvalue weighted by Crippen LogP contribution is -2.42. The van der Waals surface area contributed by atoms with Crippen LogP contribution in [0.4, 0.5) is 0 Å². The first kappa shape index (κ1) is 11.1. The lowest BCUT2D eigenvalue weighted by Gasteiger charge is -2.38. The lowest BCUT2D eigenvalue weighted by atomic mass is 9.80. The molecule has 2 rings (SSSR count). The highest BCUT2D eigenvalue weighted by Crippen LogP contribution is 2.29. The number of carbonyl (C=O) groups excluding carboxylic acids is 1. The van der Waals surface area contributed by atoms with E-state index in [9.17, 15) is 4.79 Å². The van der Waals surface area contributed by atoms with Crippen LogP contribution in [0.3, 0.4) is 0 Å². The number of nitrogens with zero attached hydrogens (tertiary/aromatic N) is 1. The Morgan fingerprint density at radius 1 is 1.33 bits per heavy atom. The van der Waals surface area contributed by atoms with Crippen molar-refractivity contribution in [1.82, 2.24) is 4.90 Å². The van der Waals surface area contributed by atoms with Crippen molar-refractivity contribution in [3.8, 4) is 0 Å². The van der Waals surface area contributed by atoms with Crippen LogP contribution in [-0.2, 0) is 4.79 Å². The van der Waals surface area contributed by atoms with Gasteiger partial charge in [0.1, 0.15) is 5.78 Å². The van der Waals surface area contributed by atoms with E-state index in [0.717, 1.165) is 37.8 Å². The molecule has 2 atom stereocenters. The molecule has 2 aliphatic rings. The number of carbonyl (C=O) groups is 1. The van der Waals surface area contributed by atoms with E-state index in [1.165, 1.54) is 19.3 Å². The van der Waals surface area contributed by atoms with Crippen LogP contribution in [0.5, 0.6) is 0 Å². The molecule has 15 heavy (non-hydrogen) atoms. The Kier molecular flexibility index (Phi) is 3.45. The van der Waals surface area contributed by atoms with E-state index in [1.807, 2.05) is 0 Å². The van der Waals surface area contributed by atoms with Gasteiger partial charge in [-0.25, -0.2) is 0 Å². The first-order chi connectivity index (χ1) is 7.16. The summed E-state index contributed by atoms with van der Waals surface area (Å²) in [4.78, 5) is 14.2. The third-order valence-electron chi connectivity index (χ3n) is 4.23. The van der Waals surface area contributed by atoms with Gasteiger partial charge in [0.2, 0.25) is 0 Å². The Hall–Kier alpha value is -0.370. The molecular weight excluding hydrogens is 186 g/mol. The maximum atomic E-state index is 11.8. The van der Waals surface area contributed by atoms with Crippen molar-refractivity contribution >= 4 is 5.78 Å². The molecule has 0 N–H and O–H groups in total. The fraction of sp³-hybridized carbons (Fsp3) is 0.923. The second kappa shape index (κ2) is 4.65. The fourth-order valence-corrected chi connectivity index (χ4v) is 2.83. The second-order valence-corrected chi connectivity index (χ2v) is 5.57. The normalized spacial score (nSPS) is 33.1. The lowest BCUT2D eigenvalue weighted by molar-refractivity contribution is -0.126. The van der Waals surface area contributed by atoms with Gasteiger partial charge in [-0.15, -0.1) is 0 Å². The predicted molar refractivity (Wildman–Crippen MR) is 61.8 cm³/mol. The fourth-order valence-electron chi connectivity index (χ4n) is 2.83. The third kappa shape index (κ3) is 2.60. The monoisotopic (exact) mass is 209 g/mol. The van der Waals surface area contributed by atoms with Gasteiger partial charge in [0.15, 0.2) is 0 Å². The predicted octanol–water partition coefficient (Wildman–Crippen LogP) is 2.48. The molecule has 2 unspecified atom stereocenters. The Morgan fingerprint density at radius 2 is 2.07 bits per heavy atom. The highest BCUT2D eigenvalue weighted by atomic mass is 16.1. The van der Waals surface area contributed by atoms with E-state index in [4.69, 9.17) is 0 Å². The van der Waals surface area contributed by atoms with E-state index >= 15 is 0 Å². The van der Waals surface area contributed by atoms with Gasteiger partial charge in [-0.1, -0.05) is 13.3 Å². The first-order valence-corrected chi connectivity index (χ1v) is 6.39. The Bertz CT molecular complexity index is 235. The van der Waals surface area contributed by atoms with E-state index in [0.29, 0.717) is 11.7 Å². The largest absolute Gasteiger partial charge is 0.303 e. The molecule has 2 saturated carbocycles. The molecule has 0 spiro atoms. The van der Waals surface area contributed by atoms with Crippen molar-refractivity contribution in [3.05, 3.63) is 0 Å². The topological polar surface area (TPSA) is 20.3 Å². The molecule has 0 aromatic heterocycles. The summed E-state index contributed by atoms with van der Waals surface area (Å²) in [5.74, 6) is 1.60. The third-order valence-corrected chi connectivity index (χ3v) is 4.23. The summed E-state index contributed by atoms with van der Waals surface area (Å²) in [6, 6.07) is 0.773. The van der Waals surface area contributed by atoms with E-state index in [-0.39, 0.29) is 0 Å². The average Bonchev–Trinajstić information content (AvgIpc) is 2.08. The van der Waals surface area contributed by atoms with Gasteiger partial charge in [-0.05, 0) is 38.6 Å². The van der Waals surface area contributed by atoms with E-state index in [1.54, 1.807) is 0 Å².